The van der Waals surface area contributed by atoms with Crippen LogP contribution in [0.15, 0.2) is 0 Å². The fraction of sp³-hybridized carbons (Fsp3) is 0.889. The molecule has 96 valence electrons. The van der Waals surface area contributed by atoms with E-state index in [0.29, 0.717) is 0 Å². The minimum absolute atomic E-state index is 0.810. The molecule has 0 aromatic heterocycles. The van der Waals surface area contributed by atoms with Gasteiger partial charge in [-0.05, 0) is 14.1 Å². The number of hydrogen-bond acceptors (Lipinski definition) is 3. The zero-order chi connectivity index (χ0) is 12.9. The van der Waals surface area contributed by atoms with Gasteiger partial charge in [0.1, 0.15) is 5.97 Å². The average molecular weight is 242 g/mol. The molecular formula is C9H17F3N2O2. The van der Waals surface area contributed by atoms with Crippen LogP contribution < -0.4 is 10.4 Å². The molecule has 7 heteroatoms. The molecule has 2 atom stereocenters. The number of likely N-dealkylation sites (N-methyl/N-ethyl adjacent to an activating group) is 1. The molecule has 1 saturated heterocycles. The van der Waals surface area contributed by atoms with Crippen molar-refractivity contribution in [3.05, 3.63) is 0 Å². The Morgan fingerprint density at radius 3 is 1.94 bits per heavy atom. The van der Waals surface area contributed by atoms with E-state index < -0.39 is 12.1 Å². The molecule has 0 aromatic carbocycles. The van der Waals surface area contributed by atoms with Gasteiger partial charge in [0.15, 0.2) is 0 Å². The summed E-state index contributed by atoms with van der Waals surface area (Å²) in [5.41, 5.74) is 0. The van der Waals surface area contributed by atoms with Crippen molar-refractivity contribution in [1.82, 2.24) is 4.90 Å². The molecule has 4 nitrogen and oxygen atoms in total. The summed E-state index contributed by atoms with van der Waals surface area (Å²) in [5.74, 6) is -2.13. The van der Waals surface area contributed by atoms with Crippen molar-refractivity contribution >= 4 is 5.97 Å². The van der Waals surface area contributed by atoms with Crippen LogP contribution >= 0.6 is 0 Å². The smallest absolute Gasteiger partial charge is 0.430 e. The van der Waals surface area contributed by atoms with Crippen molar-refractivity contribution in [1.29, 1.82) is 0 Å². The lowest BCUT2D eigenvalue weighted by atomic mass is 10.1. The molecule has 1 aliphatic heterocycles. The molecule has 1 rings (SSSR count). The van der Waals surface area contributed by atoms with E-state index in [0.717, 1.165) is 12.0 Å². The van der Waals surface area contributed by atoms with Crippen LogP contribution in [0.5, 0.6) is 0 Å². The van der Waals surface area contributed by atoms with Gasteiger partial charge in [-0.1, -0.05) is 6.92 Å². The summed E-state index contributed by atoms with van der Waals surface area (Å²) in [7, 11) is 4.33. The maximum atomic E-state index is 10.5. The minimum atomic E-state index is -5.19. The maximum Gasteiger partial charge on any atom is 0.430 e. The quantitative estimate of drug-likeness (QED) is 0.604. The van der Waals surface area contributed by atoms with E-state index in [4.69, 9.17) is 9.90 Å². The zero-order valence-electron chi connectivity index (χ0n) is 9.54. The highest BCUT2D eigenvalue weighted by atomic mass is 19.4. The second-order valence-electron chi connectivity index (χ2n) is 4.05. The number of quaternary nitrogens is 1. The molecule has 16 heavy (non-hydrogen) atoms. The number of carbonyl (C=O) groups is 1. The van der Waals surface area contributed by atoms with Crippen molar-refractivity contribution in [3.63, 3.8) is 0 Å². The van der Waals surface area contributed by atoms with Gasteiger partial charge in [-0.2, -0.15) is 13.2 Å². The van der Waals surface area contributed by atoms with Crippen molar-refractivity contribution in [2.75, 3.05) is 27.2 Å². The van der Waals surface area contributed by atoms with E-state index in [9.17, 15) is 13.2 Å². The Morgan fingerprint density at radius 2 is 1.81 bits per heavy atom. The number of carboxylic acid groups (broad SMARTS) is 1. The van der Waals surface area contributed by atoms with E-state index in [2.05, 4.69) is 31.2 Å². The Balaban J connectivity index is 0.000000293. The summed E-state index contributed by atoms with van der Waals surface area (Å²) < 4.78 is 31.5. The number of rotatable bonds is 1. The predicted octanol–water partition coefficient (Wildman–Crippen LogP) is -1.57. The van der Waals surface area contributed by atoms with E-state index in [1.807, 2.05) is 0 Å². The molecule has 0 radical (unpaired) electrons. The number of halogens is 3. The Bertz CT molecular complexity index is 231. The van der Waals surface area contributed by atoms with Gasteiger partial charge in [0.25, 0.3) is 0 Å². The van der Waals surface area contributed by atoms with Crippen LogP contribution in [0.4, 0.5) is 13.2 Å². The zero-order valence-corrected chi connectivity index (χ0v) is 9.54. The van der Waals surface area contributed by atoms with Gasteiger partial charge in [-0.15, -0.1) is 0 Å². The number of carboxylic acids is 1. The molecule has 0 saturated carbocycles. The maximum absolute atomic E-state index is 10.5. The lowest BCUT2D eigenvalue weighted by Crippen LogP contribution is -2.82. The number of nitrogens with zero attached hydrogens (tertiary/aromatic N) is 1. The first-order valence-electron chi connectivity index (χ1n) is 4.92. The standard InChI is InChI=1S/C7H16N2.C2HF3O2/c1-6-4-8-5-7(6)9(2)3;3-2(4,5)1(6)7/h6-8H,4-5H2,1-3H3;(H,6,7)/t6-,7-;/m0./s1. The van der Waals surface area contributed by atoms with Crippen molar-refractivity contribution < 1.29 is 28.4 Å². The Hall–Kier alpha value is -0.820. The molecule has 1 fully saturated rings. The van der Waals surface area contributed by atoms with Crippen LogP contribution in [0.1, 0.15) is 6.92 Å². The topological polar surface area (TPSA) is 60.0 Å². The van der Waals surface area contributed by atoms with Crippen LogP contribution in [-0.2, 0) is 4.79 Å². The SMILES string of the molecule is C[C@H]1C[NH2+]C[C@@H]1N(C)C.O=C([O-])C(F)(F)F. The first kappa shape index (κ1) is 15.2. The van der Waals surface area contributed by atoms with Gasteiger partial charge in [-0.3, -0.25) is 0 Å². The van der Waals surface area contributed by atoms with E-state index in [1.54, 1.807) is 0 Å². The number of carbonyl (C=O) groups excluding carboxylic acids is 1. The molecule has 1 heterocycles. The highest BCUT2D eigenvalue weighted by molar-refractivity contribution is 5.70. The molecule has 0 spiro atoms. The van der Waals surface area contributed by atoms with Crippen LogP contribution in [0, 0.1) is 5.92 Å². The second-order valence-corrected chi connectivity index (χ2v) is 4.05. The monoisotopic (exact) mass is 242 g/mol. The normalized spacial score (nSPS) is 25.2. The number of alkyl halides is 3. The summed E-state index contributed by atoms with van der Waals surface area (Å²) in [4.78, 5) is 11.1. The summed E-state index contributed by atoms with van der Waals surface area (Å²) >= 11 is 0. The highest BCUT2D eigenvalue weighted by Gasteiger charge is 2.29. The van der Waals surface area contributed by atoms with Crippen molar-refractivity contribution in [3.8, 4) is 0 Å². The second kappa shape index (κ2) is 6.05. The molecule has 1 aliphatic rings. The van der Waals surface area contributed by atoms with Crippen LogP contribution in [0.3, 0.4) is 0 Å². The first-order valence-corrected chi connectivity index (χ1v) is 4.92. The lowest BCUT2D eigenvalue weighted by molar-refractivity contribution is -0.639. The third kappa shape index (κ3) is 5.32. The van der Waals surface area contributed by atoms with Gasteiger partial charge in [-0.25, -0.2) is 0 Å². The van der Waals surface area contributed by atoms with Gasteiger partial charge in [0.05, 0.1) is 19.1 Å². The molecular weight excluding hydrogens is 225 g/mol. The van der Waals surface area contributed by atoms with Crippen molar-refractivity contribution in [2.45, 2.75) is 19.1 Å². The highest BCUT2D eigenvalue weighted by Crippen LogP contribution is 2.11. The number of aliphatic carboxylic acids is 1. The van der Waals surface area contributed by atoms with Crippen LogP contribution in [-0.4, -0.2) is 50.3 Å². The Kier molecular flexibility index (Phi) is 5.74. The first-order chi connectivity index (χ1) is 7.16. The van der Waals surface area contributed by atoms with E-state index in [-0.39, 0.29) is 0 Å². The van der Waals surface area contributed by atoms with E-state index >= 15 is 0 Å². The average Bonchev–Trinajstić information content (AvgIpc) is 2.50. The molecule has 2 N–H and O–H groups in total. The Labute approximate surface area is 92.4 Å². The van der Waals surface area contributed by atoms with Gasteiger partial charge < -0.3 is 20.1 Å². The fourth-order valence-electron chi connectivity index (χ4n) is 1.64. The van der Waals surface area contributed by atoms with Crippen molar-refractivity contribution in [2.24, 2.45) is 5.92 Å². The predicted molar refractivity (Wildman–Crippen MR) is 49.4 cm³/mol. The number of hydrogen-bond donors (Lipinski definition) is 1. The summed E-state index contributed by atoms with van der Waals surface area (Å²) in [5, 5.41) is 11.2. The number of nitrogens with two attached hydrogens (primary N) is 1. The third-order valence-electron chi connectivity index (χ3n) is 2.50. The molecule has 0 amide bonds. The van der Waals surface area contributed by atoms with Gasteiger partial charge >= 0.3 is 6.18 Å². The fourth-order valence-corrected chi connectivity index (χ4v) is 1.64. The molecule has 0 unspecified atom stereocenters. The third-order valence-corrected chi connectivity index (χ3v) is 2.50. The van der Waals surface area contributed by atoms with E-state index in [1.165, 1.54) is 13.1 Å². The Morgan fingerprint density at radius 1 is 1.38 bits per heavy atom. The molecule has 0 bridgehead atoms. The largest absolute Gasteiger partial charge is 0.542 e. The lowest BCUT2D eigenvalue weighted by Gasteiger charge is -2.19. The molecule has 0 aliphatic carbocycles. The minimum Gasteiger partial charge on any atom is -0.542 e. The summed E-state index contributed by atoms with van der Waals surface area (Å²) in [6.07, 6.45) is -5.19. The van der Waals surface area contributed by atoms with Gasteiger partial charge in [0.2, 0.25) is 0 Å². The van der Waals surface area contributed by atoms with Crippen LogP contribution in [0.2, 0.25) is 0 Å². The summed E-state index contributed by atoms with van der Waals surface area (Å²) in [6.45, 7) is 4.92. The molecule has 0 aromatic rings. The summed E-state index contributed by atoms with van der Waals surface area (Å²) in [6, 6.07) is 0.810. The van der Waals surface area contributed by atoms with Gasteiger partial charge in [0, 0.05) is 5.92 Å². The van der Waals surface area contributed by atoms with Crippen LogP contribution in [0.25, 0.3) is 0 Å².